The Bertz CT molecular complexity index is 690. The number of nitrogens with zero attached hydrogens (tertiary/aromatic N) is 3. The van der Waals surface area contributed by atoms with E-state index in [2.05, 4.69) is 5.10 Å². The van der Waals surface area contributed by atoms with Crippen LogP contribution in [0.25, 0.3) is 0 Å². The lowest BCUT2D eigenvalue weighted by atomic mass is 10.4. The number of thiophene rings is 1. The van der Waals surface area contributed by atoms with Crippen LogP contribution in [0.4, 0.5) is 0 Å². The highest BCUT2D eigenvalue weighted by Gasteiger charge is 2.38. The number of rotatable bonds is 7. The summed E-state index contributed by atoms with van der Waals surface area (Å²) in [5, 5.41) is 6.03. The summed E-state index contributed by atoms with van der Waals surface area (Å²) in [6.07, 6.45) is 4.84. The van der Waals surface area contributed by atoms with Crippen molar-refractivity contribution in [2.75, 3.05) is 6.54 Å². The predicted octanol–water partition coefficient (Wildman–Crippen LogP) is 1.26. The molecule has 0 bridgehead atoms. The minimum atomic E-state index is -3.50. The summed E-state index contributed by atoms with van der Waals surface area (Å²) in [6, 6.07) is 4.03. The van der Waals surface area contributed by atoms with Crippen LogP contribution in [0.5, 0.6) is 0 Å². The van der Waals surface area contributed by atoms with E-state index in [9.17, 15) is 8.42 Å². The maximum absolute atomic E-state index is 12.8. The van der Waals surface area contributed by atoms with Gasteiger partial charge in [0.05, 0.1) is 12.7 Å². The van der Waals surface area contributed by atoms with E-state index in [-0.39, 0.29) is 10.9 Å². The Kier molecular flexibility index (Phi) is 4.12. The first-order chi connectivity index (χ1) is 10.1. The Morgan fingerprint density at radius 2 is 2.29 bits per heavy atom. The van der Waals surface area contributed by atoms with Crippen molar-refractivity contribution in [2.45, 2.75) is 36.9 Å². The lowest BCUT2D eigenvalue weighted by Gasteiger charge is -2.20. The molecular weight excluding hydrogens is 308 g/mol. The average molecular weight is 326 g/mol. The molecule has 0 unspecified atom stereocenters. The van der Waals surface area contributed by atoms with E-state index in [1.165, 1.54) is 6.20 Å². The zero-order valence-electron chi connectivity index (χ0n) is 11.6. The zero-order chi connectivity index (χ0) is 14.9. The van der Waals surface area contributed by atoms with E-state index in [0.29, 0.717) is 19.6 Å². The molecule has 0 spiro atoms. The highest BCUT2D eigenvalue weighted by Crippen LogP contribution is 2.34. The van der Waals surface area contributed by atoms with Crippen molar-refractivity contribution in [2.24, 2.45) is 5.73 Å². The molecule has 6 nitrogen and oxygen atoms in total. The maximum Gasteiger partial charge on any atom is 0.246 e. The molecule has 0 aliphatic heterocycles. The summed E-state index contributed by atoms with van der Waals surface area (Å²) >= 11 is 1.58. The molecule has 0 saturated heterocycles. The molecule has 0 atom stereocenters. The van der Waals surface area contributed by atoms with Crippen molar-refractivity contribution in [1.29, 1.82) is 0 Å². The lowest BCUT2D eigenvalue weighted by Crippen LogP contribution is -2.32. The highest BCUT2D eigenvalue weighted by atomic mass is 32.2. The molecule has 0 radical (unpaired) electrons. The van der Waals surface area contributed by atoms with Gasteiger partial charge in [-0.2, -0.15) is 9.40 Å². The smallest absolute Gasteiger partial charge is 0.246 e. The Morgan fingerprint density at radius 1 is 1.48 bits per heavy atom. The van der Waals surface area contributed by atoms with Crippen LogP contribution in [-0.4, -0.2) is 35.1 Å². The first-order valence-corrected chi connectivity index (χ1v) is 9.20. The fourth-order valence-electron chi connectivity index (χ4n) is 2.20. The summed E-state index contributed by atoms with van der Waals surface area (Å²) in [5.74, 6) is 0. The molecule has 2 aromatic heterocycles. The summed E-state index contributed by atoms with van der Waals surface area (Å²) in [4.78, 5) is 1.30. The number of hydrogen-bond acceptors (Lipinski definition) is 5. The topological polar surface area (TPSA) is 81.2 Å². The third-order valence-electron chi connectivity index (χ3n) is 3.42. The Morgan fingerprint density at radius 3 is 2.90 bits per heavy atom. The van der Waals surface area contributed by atoms with Gasteiger partial charge in [0.1, 0.15) is 4.90 Å². The number of hydrogen-bond donors (Lipinski definition) is 1. The van der Waals surface area contributed by atoms with Crippen molar-refractivity contribution >= 4 is 21.4 Å². The molecule has 0 aromatic carbocycles. The number of sulfonamides is 1. The largest absolute Gasteiger partial charge is 0.329 e. The van der Waals surface area contributed by atoms with E-state index in [4.69, 9.17) is 5.73 Å². The molecule has 1 saturated carbocycles. The van der Waals surface area contributed by atoms with Crippen LogP contribution in [-0.2, 0) is 23.1 Å². The van der Waals surface area contributed by atoms with Gasteiger partial charge in [-0.15, -0.1) is 11.3 Å². The SMILES string of the molecule is NCCn1cc(S(=O)(=O)N(Cc2cccs2)C2CC2)cn1. The van der Waals surface area contributed by atoms with E-state index < -0.39 is 10.0 Å². The van der Waals surface area contributed by atoms with Gasteiger partial charge in [0.2, 0.25) is 10.0 Å². The van der Waals surface area contributed by atoms with Gasteiger partial charge in [-0.05, 0) is 24.3 Å². The third kappa shape index (κ3) is 3.18. The summed E-state index contributed by atoms with van der Waals surface area (Å²) < 4.78 is 28.8. The van der Waals surface area contributed by atoms with Gasteiger partial charge in [0.15, 0.2) is 0 Å². The van der Waals surface area contributed by atoms with Crippen molar-refractivity contribution in [1.82, 2.24) is 14.1 Å². The molecule has 1 fully saturated rings. The van der Waals surface area contributed by atoms with Crippen LogP contribution in [0.3, 0.4) is 0 Å². The molecule has 2 heterocycles. The van der Waals surface area contributed by atoms with Crippen LogP contribution >= 0.6 is 11.3 Å². The Balaban J connectivity index is 1.85. The van der Waals surface area contributed by atoms with Crippen LogP contribution in [0.2, 0.25) is 0 Å². The summed E-state index contributed by atoms with van der Waals surface area (Å²) in [5.41, 5.74) is 5.47. The molecule has 2 N–H and O–H groups in total. The molecule has 1 aliphatic carbocycles. The maximum atomic E-state index is 12.8. The van der Waals surface area contributed by atoms with Gasteiger partial charge in [-0.3, -0.25) is 4.68 Å². The third-order valence-corrected chi connectivity index (χ3v) is 6.13. The van der Waals surface area contributed by atoms with Gasteiger partial charge in [0.25, 0.3) is 0 Å². The van der Waals surface area contributed by atoms with E-state index in [0.717, 1.165) is 17.7 Å². The number of aromatic nitrogens is 2. The second-order valence-electron chi connectivity index (χ2n) is 5.09. The highest BCUT2D eigenvalue weighted by molar-refractivity contribution is 7.89. The Hall–Kier alpha value is -1.22. The normalized spacial score (nSPS) is 15.7. The summed E-state index contributed by atoms with van der Waals surface area (Å²) in [6.45, 7) is 1.39. The van der Waals surface area contributed by atoms with Crippen LogP contribution in [0.15, 0.2) is 34.8 Å². The molecule has 0 amide bonds. The van der Waals surface area contributed by atoms with E-state index >= 15 is 0 Å². The molecule has 2 aromatic rings. The molecule has 114 valence electrons. The first-order valence-electron chi connectivity index (χ1n) is 6.88. The molecular formula is C13H18N4O2S2. The summed E-state index contributed by atoms with van der Waals surface area (Å²) in [7, 11) is -3.50. The predicted molar refractivity (Wildman–Crippen MR) is 81.4 cm³/mol. The average Bonchev–Trinajstić information content (AvgIpc) is 2.96. The van der Waals surface area contributed by atoms with Crippen LogP contribution in [0, 0.1) is 0 Å². The standard InChI is InChI=1S/C13H18N4O2S2/c14-5-6-16-10-13(8-15-16)21(18,19)17(11-3-4-11)9-12-2-1-7-20-12/h1-2,7-8,10-11H,3-6,9,14H2. The molecule has 3 rings (SSSR count). The van der Waals surface area contributed by atoms with E-state index in [1.54, 1.807) is 26.5 Å². The zero-order valence-corrected chi connectivity index (χ0v) is 13.2. The van der Waals surface area contributed by atoms with E-state index in [1.807, 2.05) is 17.5 Å². The van der Waals surface area contributed by atoms with Gasteiger partial charge in [0, 0.05) is 30.2 Å². The van der Waals surface area contributed by atoms with Crippen molar-refractivity contribution < 1.29 is 8.42 Å². The first kappa shape index (κ1) is 14.7. The van der Waals surface area contributed by atoms with Gasteiger partial charge in [-0.25, -0.2) is 8.42 Å². The second kappa shape index (κ2) is 5.88. The number of nitrogens with two attached hydrogens (primary N) is 1. The van der Waals surface area contributed by atoms with Gasteiger partial charge in [-0.1, -0.05) is 6.07 Å². The van der Waals surface area contributed by atoms with Crippen molar-refractivity contribution in [3.63, 3.8) is 0 Å². The minimum Gasteiger partial charge on any atom is -0.329 e. The molecule has 1 aliphatic rings. The monoisotopic (exact) mass is 326 g/mol. The van der Waals surface area contributed by atoms with Crippen LogP contribution in [0.1, 0.15) is 17.7 Å². The molecule has 8 heteroatoms. The lowest BCUT2D eigenvalue weighted by molar-refractivity contribution is 0.401. The minimum absolute atomic E-state index is 0.120. The van der Waals surface area contributed by atoms with Crippen LogP contribution < -0.4 is 5.73 Å². The van der Waals surface area contributed by atoms with Gasteiger partial charge < -0.3 is 5.73 Å². The quantitative estimate of drug-likeness (QED) is 0.830. The fraction of sp³-hybridized carbons (Fsp3) is 0.462. The molecule has 21 heavy (non-hydrogen) atoms. The second-order valence-corrected chi connectivity index (χ2v) is 8.01. The van der Waals surface area contributed by atoms with Gasteiger partial charge >= 0.3 is 0 Å². The van der Waals surface area contributed by atoms with Crippen molar-refractivity contribution in [3.8, 4) is 0 Å². The Labute approximate surface area is 128 Å². The fourth-order valence-corrected chi connectivity index (χ4v) is 4.60. The van der Waals surface area contributed by atoms with Crippen molar-refractivity contribution in [3.05, 3.63) is 34.8 Å².